The predicted octanol–water partition coefficient (Wildman–Crippen LogP) is 4.83. The molecule has 0 amide bonds. The molecule has 6 nitrogen and oxygen atoms in total. The summed E-state index contributed by atoms with van der Waals surface area (Å²) in [5.41, 5.74) is 3.12. The molecule has 1 fully saturated rings. The van der Waals surface area contributed by atoms with Crippen LogP contribution in [0.3, 0.4) is 0 Å². The van der Waals surface area contributed by atoms with E-state index >= 15 is 0 Å². The fourth-order valence-electron chi connectivity index (χ4n) is 4.29. The second-order valence-electron chi connectivity index (χ2n) is 8.61. The highest BCUT2D eigenvalue weighted by Gasteiger charge is 2.22. The third-order valence-electron chi connectivity index (χ3n) is 5.93. The summed E-state index contributed by atoms with van der Waals surface area (Å²) in [6.07, 6.45) is 4.33. The van der Waals surface area contributed by atoms with E-state index in [-0.39, 0.29) is 0 Å². The highest BCUT2D eigenvalue weighted by molar-refractivity contribution is 14.1. The summed E-state index contributed by atoms with van der Waals surface area (Å²) in [6, 6.07) is 13.1. The van der Waals surface area contributed by atoms with Crippen LogP contribution in [0.2, 0.25) is 0 Å². The van der Waals surface area contributed by atoms with Crippen LogP contribution < -0.4 is 15.5 Å². The molecule has 1 heterocycles. The standard InChI is InChI=1S/C24H30IN5O/c1-15-12-16(22(31)20(25)13-15)14-26-17-8-10-18(11-9-17)27-24-28-21-7-5-4-6-19(21)23(29-24)30(2)3/h4-7,12-13,17-18,26,31H,8-11,14H2,1-3H3,(H,27,28,29)/t17-,18+. The van der Waals surface area contributed by atoms with Gasteiger partial charge in [0.15, 0.2) is 0 Å². The zero-order valence-corrected chi connectivity index (χ0v) is 20.5. The highest BCUT2D eigenvalue weighted by atomic mass is 127. The first kappa shape index (κ1) is 22.1. The molecular formula is C24H30IN5O. The van der Waals surface area contributed by atoms with Crippen molar-refractivity contribution in [1.82, 2.24) is 15.3 Å². The Morgan fingerprint density at radius 3 is 2.52 bits per heavy atom. The van der Waals surface area contributed by atoms with E-state index in [1.54, 1.807) is 0 Å². The van der Waals surface area contributed by atoms with Crippen molar-refractivity contribution < 1.29 is 5.11 Å². The number of halogens is 1. The van der Waals surface area contributed by atoms with Gasteiger partial charge in [-0.15, -0.1) is 0 Å². The fraction of sp³-hybridized carbons (Fsp3) is 0.417. The maximum atomic E-state index is 10.3. The number of phenolic OH excluding ortho intramolecular Hbond substituents is 1. The largest absolute Gasteiger partial charge is 0.507 e. The van der Waals surface area contributed by atoms with Gasteiger partial charge in [0.1, 0.15) is 11.6 Å². The number of hydrogen-bond donors (Lipinski definition) is 3. The van der Waals surface area contributed by atoms with Gasteiger partial charge in [0.05, 0.1) is 9.09 Å². The molecule has 0 bridgehead atoms. The number of nitrogens with zero attached hydrogens (tertiary/aromatic N) is 3. The number of hydrogen-bond acceptors (Lipinski definition) is 6. The molecule has 2 aromatic carbocycles. The van der Waals surface area contributed by atoms with E-state index in [2.05, 4.69) is 52.3 Å². The Bertz CT molecular complexity index is 1060. The molecule has 0 unspecified atom stereocenters. The number of anilines is 2. The Labute approximate surface area is 197 Å². The van der Waals surface area contributed by atoms with Crippen molar-refractivity contribution >= 4 is 45.3 Å². The monoisotopic (exact) mass is 531 g/mol. The van der Waals surface area contributed by atoms with E-state index in [1.807, 2.05) is 43.3 Å². The van der Waals surface area contributed by atoms with Gasteiger partial charge in [-0.05, 0) is 79.0 Å². The quantitative estimate of drug-likeness (QED) is 0.396. The molecule has 1 aromatic heterocycles. The third kappa shape index (κ3) is 5.20. The van der Waals surface area contributed by atoms with Gasteiger partial charge in [-0.25, -0.2) is 4.98 Å². The molecule has 3 N–H and O–H groups in total. The number of rotatable bonds is 6. The Balaban J connectivity index is 1.35. The second-order valence-corrected chi connectivity index (χ2v) is 9.77. The highest BCUT2D eigenvalue weighted by Crippen LogP contribution is 2.28. The molecular weight excluding hydrogens is 501 g/mol. The summed E-state index contributed by atoms with van der Waals surface area (Å²) >= 11 is 2.19. The topological polar surface area (TPSA) is 73.3 Å². The first-order chi connectivity index (χ1) is 14.9. The normalized spacial score (nSPS) is 18.8. The van der Waals surface area contributed by atoms with E-state index in [0.29, 0.717) is 30.3 Å². The minimum Gasteiger partial charge on any atom is -0.507 e. The summed E-state index contributed by atoms with van der Waals surface area (Å²) in [5, 5.41) is 18.6. The Hall–Kier alpha value is -2.13. The van der Waals surface area contributed by atoms with Crippen LogP contribution in [0.5, 0.6) is 5.75 Å². The summed E-state index contributed by atoms with van der Waals surface area (Å²) in [7, 11) is 4.03. The molecule has 0 aliphatic heterocycles. The predicted molar refractivity (Wildman–Crippen MR) is 136 cm³/mol. The van der Waals surface area contributed by atoms with Gasteiger partial charge >= 0.3 is 0 Å². The smallest absolute Gasteiger partial charge is 0.225 e. The summed E-state index contributed by atoms with van der Waals surface area (Å²) in [4.78, 5) is 11.6. The van der Waals surface area contributed by atoms with Gasteiger partial charge in [0.25, 0.3) is 0 Å². The summed E-state index contributed by atoms with van der Waals surface area (Å²) in [6.45, 7) is 2.77. The number of nitrogens with one attached hydrogen (secondary N) is 2. The van der Waals surface area contributed by atoms with Crippen LogP contribution in [0.1, 0.15) is 36.8 Å². The van der Waals surface area contributed by atoms with Gasteiger partial charge in [-0.3, -0.25) is 0 Å². The van der Waals surface area contributed by atoms with Crippen molar-refractivity contribution in [3.63, 3.8) is 0 Å². The Morgan fingerprint density at radius 2 is 1.77 bits per heavy atom. The SMILES string of the molecule is Cc1cc(I)c(O)c(CN[C@H]2CC[C@@H](Nc3nc(N(C)C)c4ccccc4n3)CC2)c1. The molecule has 1 aliphatic carbocycles. The van der Waals surface area contributed by atoms with Crippen LogP contribution in [-0.4, -0.2) is 41.3 Å². The molecule has 0 atom stereocenters. The van der Waals surface area contributed by atoms with E-state index in [1.165, 1.54) is 5.56 Å². The van der Waals surface area contributed by atoms with Gasteiger partial charge in [-0.2, -0.15) is 4.98 Å². The first-order valence-electron chi connectivity index (χ1n) is 10.8. The summed E-state index contributed by atoms with van der Waals surface area (Å²) in [5.74, 6) is 2.05. The van der Waals surface area contributed by atoms with E-state index < -0.39 is 0 Å². The minimum atomic E-state index is 0.377. The van der Waals surface area contributed by atoms with Gasteiger partial charge in [0.2, 0.25) is 5.95 Å². The number of aromatic nitrogens is 2. The first-order valence-corrected chi connectivity index (χ1v) is 11.9. The van der Waals surface area contributed by atoms with Crippen molar-refractivity contribution in [3.05, 3.63) is 51.1 Å². The maximum absolute atomic E-state index is 10.3. The average Bonchev–Trinajstić information content (AvgIpc) is 2.75. The third-order valence-corrected chi connectivity index (χ3v) is 6.76. The number of fused-ring (bicyclic) bond motifs is 1. The van der Waals surface area contributed by atoms with Crippen molar-refractivity contribution in [1.29, 1.82) is 0 Å². The lowest BCUT2D eigenvalue weighted by Gasteiger charge is -2.30. The van der Waals surface area contributed by atoms with E-state index in [9.17, 15) is 5.11 Å². The number of benzene rings is 2. The van der Waals surface area contributed by atoms with Crippen LogP contribution in [0.25, 0.3) is 10.9 Å². The number of phenols is 1. The minimum absolute atomic E-state index is 0.377. The molecule has 0 radical (unpaired) electrons. The Morgan fingerprint density at radius 1 is 1.06 bits per heavy atom. The Kier molecular flexibility index (Phi) is 6.81. The van der Waals surface area contributed by atoms with Crippen molar-refractivity contribution in [2.45, 2.75) is 51.2 Å². The second kappa shape index (κ2) is 9.56. The van der Waals surface area contributed by atoms with Crippen LogP contribution in [0, 0.1) is 10.5 Å². The molecule has 1 saturated carbocycles. The number of para-hydroxylation sites is 1. The molecule has 0 saturated heterocycles. The number of aromatic hydroxyl groups is 1. The molecule has 3 aromatic rings. The summed E-state index contributed by atoms with van der Waals surface area (Å²) < 4.78 is 0.912. The molecule has 7 heteroatoms. The lowest BCUT2D eigenvalue weighted by atomic mass is 9.91. The fourth-order valence-corrected chi connectivity index (χ4v) is 5.12. The van der Waals surface area contributed by atoms with Crippen molar-refractivity contribution in [2.24, 2.45) is 0 Å². The van der Waals surface area contributed by atoms with Gasteiger partial charge in [0, 0.05) is 43.7 Å². The van der Waals surface area contributed by atoms with Crippen LogP contribution in [0.15, 0.2) is 36.4 Å². The van der Waals surface area contributed by atoms with Gasteiger partial charge < -0.3 is 20.6 Å². The average molecular weight is 531 g/mol. The molecule has 164 valence electrons. The molecule has 1 aliphatic rings. The maximum Gasteiger partial charge on any atom is 0.225 e. The lowest BCUT2D eigenvalue weighted by molar-refractivity contribution is 0.349. The zero-order chi connectivity index (χ0) is 22.0. The van der Waals surface area contributed by atoms with Crippen LogP contribution >= 0.6 is 22.6 Å². The molecule has 0 spiro atoms. The van der Waals surface area contributed by atoms with Crippen molar-refractivity contribution in [2.75, 3.05) is 24.3 Å². The van der Waals surface area contributed by atoms with Gasteiger partial charge in [-0.1, -0.05) is 18.2 Å². The molecule has 31 heavy (non-hydrogen) atoms. The van der Waals surface area contributed by atoms with Crippen molar-refractivity contribution in [3.8, 4) is 5.75 Å². The lowest BCUT2D eigenvalue weighted by Crippen LogP contribution is -2.37. The van der Waals surface area contributed by atoms with E-state index in [0.717, 1.165) is 51.5 Å². The number of aryl methyl sites for hydroxylation is 1. The van der Waals surface area contributed by atoms with E-state index in [4.69, 9.17) is 9.97 Å². The van der Waals surface area contributed by atoms with Crippen LogP contribution in [-0.2, 0) is 6.54 Å². The van der Waals surface area contributed by atoms with Crippen LogP contribution in [0.4, 0.5) is 11.8 Å². The zero-order valence-electron chi connectivity index (χ0n) is 18.3. The molecule has 4 rings (SSSR count).